The van der Waals surface area contributed by atoms with Gasteiger partial charge in [-0.2, -0.15) is 0 Å². The number of ether oxygens (including phenoxy) is 1. The molecule has 7 heteroatoms. The van der Waals surface area contributed by atoms with Gasteiger partial charge in [0, 0.05) is 29.4 Å². The van der Waals surface area contributed by atoms with E-state index in [2.05, 4.69) is 5.32 Å². The maximum atomic E-state index is 12.6. The van der Waals surface area contributed by atoms with E-state index in [1.54, 1.807) is 42.2 Å². The third kappa shape index (κ3) is 4.34. The van der Waals surface area contributed by atoms with Crippen molar-refractivity contribution in [3.8, 4) is 0 Å². The molecule has 1 saturated heterocycles. The van der Waals surface area contributed by atoms with Crippen molar-refractivity contribution in [1.29, 1.82) is 0 Å². The molecule has 2 aromatic carbocycles. The molecule has 1 aliphatic rings. The molecule has 1 aliphatic heterocycles. The Kier molecular flexibility index (Phi) is 5.99. The van der Waals surface area contributed by atoms with Crippen LogP contribution < -0.4 is 10.2 Å². The summed E-state index contributed by atoms with van der Waals surface area (Å²) in [6, 6.07) is 11.9. The van der Waals surface area contributed by atoms with Gasteiger partial charge in [0.25, 0.3) is 0 Å². The number of hydrogen-bond donors (Lipinski definition) is 1. The average Bonchev–Trinajstić information content (AvgIpc) is 3.06. The second-order valence-electron chi connectivity index (χ2n) is 6.63. The monoisotopic (exact) mass is 400 g/mol. The highest BCUT2D eigenvalue weighted by Gasteiger charge is 2.35. The minimum Gasteiger partial charge on any atom is -0.462 e. The molecule has 1 unspecified atom stereocenters. The molecule has 1 N–H and O–H groups in total. The Morgan fingerprint density at radius 2 is 2.04 bits per heavy atom. The molecule has 1 fully saturated rings. The predicted octanol–water partition coefficient (Wildman–Crippen LogP) is 3.82. The zero-order chi connectivity index (χ0) is 20.3. The van der Waals surface area contributed by atoms with Crippen molar-refractivity contribution in [1.82, 2.24) is 0 Å². The van der Waals surface area contributed by atoms with Crippen LogP contribution >= 0.6 is 11.6 Å². The van der Waals surface area contributed by atoms with Gasteiger partial charge in [0.1, 0.15) is 0 Å². The number of aryl methyl sites for hydroxylation is 1. The van der Waals surface area contributed by atoms with Crippen LogP contribution in [0, 0.1) is 12.8 Å². The number of amides is 2. The third-order valence-corrected chi connectivity index (χ3v) is 5.01. The molecule has 0 bridgehead atoms. The van der Waals surface area contributed by atoms with Crippen molar-refractivity contribution >= 4 is 40.8 Å². The second kappa shape index (κ2) is 8.44. The molecule has 6 nitrogen and oxygen atoms in total. The standard InChI is InChI=1S/C21H21ClN2O4/c1-3-28-21(27)14-5-4-6-16(9-14)23-20(26)15-10-19(25)24(12-15)17-8-7-13(2)18(22)11-17/h4-9,11,15H,3,10,12H2,1-2H3,(H,23,26). The number of nitrogens with one attached hydrogen (secondary N) is 1. The van der Waals surface area contributed by atoms with Gasteiger partial charge in [-0.1, -0.05) is 23.7 Å². The number of halogens is 1. The number of carbonyl (C=O) groups excluding carboxylic acids is 3. The van der Waals surface area contributed by atoms with Gasteiger partial charge in [-0.15, -0.1) is 0 Å². The molecule has 0 spiro atoms. The van der Waals surface area contributed by atoms with E-state index < -0.39 is 11.9 Å². The number of carbonyl (C=O) groups is 3. The molecule has 146 valence electrons. The van der Waals surface area contributed by atoms with Crippen LogP contribution in [0.2, 0.25) is 5.02 Å². The Hall–Kier alpha value is -2.86. The summed E-state index contributed by atoms with van der Waals surface area (Å²) in [5, 5.41) is 3.36. The number of benzene rings is 2. The van der Waals surface area contributed by atoms with Gasteiger partial charge in [0.05, 0.1) is 18.1 Å². The van der Waals surface area contributed by atoms with Gasteiger partial charge < -0.3 is 15.0 Å². The Bertz CT molecular complexity index is 928. The molecule has 0 radical (unpaired) electrons. The lowest BCUT2D eigenvalue weighted by Crippen LogP contribution is -2.28. The molecule has 28 heavy (non-hydrogen) atoms. The number of nitrogens with zero attached hydrogens (tertiary/aromatic N) is 1. The average molecular weight is 401 g/mol. The topological polar surface area (TPSA) is 75.7 Å². The van der Waals surface area contributed by atoms with E-state index in [0.29, 0.717) is 22.0 Å². The van der Waals surface area contributed by atoms with Crippen molar-refractivity contribution in [2.24, 2.45) is 5.92 Å². The summed E-state index contributed by atoms with van der Waals surface area (Å²) in [4.78, 5) is 38.4. The predicted molar refractivity (Wildman–Crippen MR) is 108 cm³/mol. The summed E-state index contributed by atoms with van der Waals surface area (Å²) in [5.74, 6) is -1.33. The second-order valence-corrected chi connectivity index (χ2v) is 7.04. The highest BCUT2D eigenvalue weighted by atomic mass is 35.5. The lowest BCUT2D eigenvalue weighted by Gasteiger charge is -2.17. The maximum Gasteiger partial charge on any atom is 0.338 e. The fourth-order valence-corrected chi connectivity index (χ4v) is 3.24. The largest absolute Gasteiger partial charge is 0.462 e. The fourth-order valence-electron chi connectivity index (χ4n) is 3.07. The summed E-state index contributed by atoms with van der Waals surface area (Å²) in [7, 11) is 0. The smallest absolute Gasteiger partial charge is 0.338 e. The minimum absolute atomic E-state index is 0.120. The van der Waals surface area contributed by atoms with Crippen molar-refractivity contribution in [2.45, 2.75) is 20.3 Å². The normalized spacial score (nSPS) is 16.2. The van der Waals surface area contributed by atoms with E-state index in [9.17, 15) is 14.4 Å². The van der Waals surface area contributed by atoms with Crippen LogP contribution in [-0.4, -0.2) is 30.9 Å². The van der Waals surface area contributed by atoms with Crippen LogP contribution in [0.3, 0.4) is 0 Å². The maximum absolute atomic E-state index is 12.6. The Morgan fingerprint density at radius 1 is 1.25 bits per heavy atom. The van der Waals surface area contributed by atoms with Crippen LogP contribution in [0.25, 0.3) is 0 Å². The highest BCUT2D eigenvalue weighted by molar-refractivity contribution is 6.31. The summed E-state index contributed by atoms with van der Waals surface area (Å²) in [6.45, 7) is 4.17. The molecule has 2 amide bonds. The van der Waals surface area contributed by atoms with E-state index in [-0.39, 0.29) is 31.4 Å². The minimum atomic E-state index is -0.487. The van der Waals surface area contributed by atoms with Crippen molar-refractivity contribution in [3.05, 3.63) is 58.6 Å². The molecule has 1 heterocycles. The van der Waals surface area contributed by atoms with E-state index in [1.165, 1.54) is 0 Å². The molecule has 0 aromatic heterocycles. The molecule has 3 rings (SSSR count). The van der Waals surface area contributed by atoms with Crippen LogP contribution in [0.15, 0.2) is 42.5 Å². The summed E-state index contributed by atoms with van der Waals surface area (Å²) < 4.78 is 4.97. The van der Waals surface area contributed by atoms with Gasteiger partial charge in [-0.25, -0.2) is 4.79 Å². The van der Waals surface area contributed by atoms with Crippen molar-refractivity contribution in [3.63, 3.8) is 0 Å². The zero-order valence-electron chi connectivity index (χ0n) is 15.7. The highest BCUT2D eigenvalue weighted by Crippen LogP contribution is 2.29. The van der Waals surface area contributed by atoms with Gasteiger partial charge in [0.15, 0.2) is 0 Å². The number of esters is 1. The first kappa shape index (κ1) is 19.9. The number of hydrogen-bond acceptors (Lipinski definition) is 4. The van der Waals surface area contributed by atoms with Gasteiger partial charge in [-0.3, -0.25) is 9.59 Å². The Morgan fingerprint density at radius 3 is 2.75 bits per heavy atom. The number of anilines is 2. The Labute approximate surface area is 168 Å². The molecule has 0 saturated carbocycles. The quantitative estimate of drug-likeness (QED) is 0.774. The first-order chi connectivity index (χ1) is 13.4. The van der Waals surface area contributed by atoms with Crippen LogP contribution in [0.4, 0.5) is 11.4 Å². The van der Waals surface area contributed by atoms with Crippen LogP contribution in [0.5, 0.6) is 0 Å². The SMILES string of the molecule is CCOC(=O)c1cccc(NC(=O)C2CC(=O)N(c3ccc(C)c(Cl)c3)C2)c1. The summed E-state index contributed by atoms with van der Waals surface area (Å²) in [5.41, 5.74) is 2.45. The lowest BCUT2D eigenvalue weighted by molar-refractivity contribution is -0.122. The van der Waals surface area contributed by atoms with Crippen LogP contribution in [-0.2, 0) is 14.3 Å². The lowest BCUT2D eigenvalue weighted by atomic mass is 10.1. The van der Waals surface area contributed by atoms with E-state index >= 15 is 0 Å². The molecule has 0 aliphatic carbocycles. The molecular formula is C21H21ClN2O4. The van der Waals surface area contributed by atoms with Gasteiger partial charge >= 0.3 is 5.97 Å². The fraction of sp³-hybridized carbons (Fsp3) is 0.286. The summed E-state index contributed by atoms with van der Waals surface area (Å²) >= 11 is 6.15. The first-order valence-electron chi connectivity index (χ1n) is 9.03. The molecule has 1 atom stereocenters. The van der Waals surface area contributed by atoms with Crippen molar-refractivity contribution < 1.29 is 19.1 Å². The summed E-state index contributed by atoms with van der Waals surface area (Å²) in [6.07, 6.45) is 0.120. The molecule has 2 aromatic rings. The van der Waals surface area contributed by atoms with E-state index in [4.69, 9.17) is 16.3 Å². The van der Waals surface area contributed by atoms with E-state index in [0.717, 1.165) is 5.56 Å². The third-order valence-electron chi connectivity index (χ3n) is 4.60. The zero-order valence-corrected chi connectivity index (χ0v) is 16.5. The Balaban J connectivity index is 1.69. The first-order valence-corrected chi connectivity index (χ1v) is 9.41. The van der Waals surface area contributed by atoms with Crippen LogP contribution in [0.1, 0.15) is 29.3 Å². The van der Waals surface area contributed by atoms with E-state index in [1.807, 2.05) is 19.1 Å². The molecular weight excluding hydrogens is 380 g/mol. The number of rotatable bonds is 5. The van der Waals surface area contributed by atoms with Gasteiger partial charge in [0.2, 0.25) is 11.8 Å². The van der Waals surface area contributed by atoms with Crippen molar-refractivity contribution in [2.75, 3.05) is 23.4 Å². The van der Waals surface area contributed by atoms with Gasteiger partial charge in [-0.05, 0) is 49.7 Å².